The number of fused-ring (bicyclic) bond motifs is 1. The first-order chi connectivity index (χ1) is 13.6. The lowest BCUT2D eigenvalue weighted by atomic mass is 10.1. The Labute approximate surface area is 160 Å². The van der Waals surface area contributed by atoms with E-state index >= 15 is 0 Å². The third kappa shape index (κ3) is 3.27. The Balaban J connectivity index is 1.72. The van der Waals surface area contributed by atoms with Gasteiger partial charge < -0.3 is 15.6 Å². The minimum atomic E-state index is -0.399. The lowest BCUT2D eigenvalue weighted by molar-refractivity contribution is 0.224. The summed E-state index contributed by atoms with van der Waals surface area (Å²) in [6.07, 6.45) is 5.91. The Morgan fingerprint density at radius 3 is 2.86 bits per heavy atom. The van der Waals surface area contributed by atoms with Crippen molar-refractivity contribution < 1.29 is 14.2 Å². The fourth-order valence-electron chi connectivity index (χ4n) is 3.01. The number of aliphatic hydroxyl groups excluding tert-OH is 1. The highest BCUT2D eigenvalue weighted by Crippen LogP contribution is 2.33. The molecular weight excluding hydrogens is 363 g/mol. The molecule has 4 rings (SSSR count). The highest BCUT2D eigenvalue weighted by atomic mass is 19.1. The molecule has 0 aliphatic heterocycles. The monoisotopic (exact) mass is 382 g/mol. The van der Waals surface area contributed by atoms with E-state index in [0.29, 0.717) is 29.4 Å². The predicted octanol–water partition coefficient (Wildman–Crippen LogP) is 2.45. The van der Waals surface area contributed by atoms with Crippen LogP contribution in [-0.4, -0.2) is 36.1 Å². The lowest BCUT2D eigenvalue weighted by Crippen LogP contribution is -2.08. The number of hydrogen-bond donors (Lipinski definition) is 2. The minimum Gasteiger partial charge on any atom is -0.482 e. The predicted molar refractivity (Wildman–Crippen MR) is 101 cm³/mol. The Hall–Kier alpha value is -3.46. The van der Waals surface area contributed by atoms with Gasteiger partial charge in [-0.25, -0.2) is 13.6 Å². The van der Waals surface area contributed by atoms with Crippen LogP contribution in [0, 0.1) is 5.82 Å². The van der Waals surface area contributed by atoms with Crippen LogP contribution < -0.4 is 10.5 Å². The van der Waals surface area contributed by atoms with Crippen LogP contribution in [0.25, 0.3) is 16.6 Å². The summed E-state index contributed by atoms with van der Waals surface area (Å²) in [7, 11) is 0. The molecule has 0 amide bonds. The first-order valence-corrected chi connectivity index (χ1v) is 8.75. The van der Waals surface area contributed by atoms with Crippen molar-refractivity contribution in [1.82, 2.24) is 24.4 Å². The van der Waals surface area contributed by atoms with E-state index in [0.717, 1.165) is 17.3 Å². The number of ether oxygens (including phenoxy) is 1. The van der Waals surface area contributed by atoms with Crippen LogP contribution in [0.4, 0.5) is 10.2 Å². The highest BCUT2D eigenvalue weighted by Gasteiger charge is 2.16. The van der Waals surface area contributed by atoms with Crippen molar-refractivity contribution in [1.29, 1.82) is 0 Å². The number of nitrogen functional groups attached to an aromatic ring is 1. The van der Waals surface area contributed by atoms with Gasteiger partial charge in [0.25, 0.3) is 0 Å². The average molecular weight is 382 g/mol. The summed E-state index contributed by atoms with van der Waals surface area (Å²) < 4.78 is 22.5. The first kappa shape index (κ1) is 17.9. The van der Waals surface area contributed by atoms with Gasteiger partial charge >= 0.3 is 0 Å². The zero-order chi connectivity index (χ0) is 19.7. The number of rotatable bonds is 6. The van der Waals surface area contributed by atoms with Gasteiger partial charge in [0.05, 0.1) is 37.4 Å². The van der Waals surface area contributed by atoms with Crippen molar-refractivity contribution in [2.75, 3.05) is 12.3 Å². The molecule has 0 bridgehead atoms. The lowest BCUT2D eigenvalue weighted by Gasteiger charge is -2.16. The summed E-state index contributed by atoms with van der Waals surface area (Å²) in [5.41, 5.74) is 9.04. The van der Waals surface area contributed by atoms with Gasteiger partial charge in [-0.05, 0) is 31.2 Å². The van der Waals surface area contributed by atoms with E-state index in [2.05, 4.69) is 15.2 Å². The molecule has 9 heteroatoms. The maximum absolute atomic E-state index is 13.1. The number of anilines is 1. The quantitative estimate of drug-likeness (QED) is 0.531. The van der Waals surface area contributed by atoms with Gasteiger partial charge in [-0.3, -0.25) is 4.98 Å². The number of aliphatic hydroxyl groups is 1. The van der Waals surface area contributed by atoms with E-state index in [1.165, 1.54) is 10.7 Å². The summed E-state index contributed by atoms with van der Waals surface area (Å²) in [5, 5.41) is 17.6. The molecular formula is C19H19FN6O2. The molecule has 28 heavy (non-hydrogen) atoms. The summed E-state index contributed by atoms with van der Waals surface area (Å²) >= 11 is 0. The molecule has 4 aromatic rings. The molecule has 4 heterocycles. The molecule has 144 valence electrons. The van der Waals surface area contributed by atoms with Gasteiger partial charge in [0.15, 0.2) is 0 Å². The smallest absolute Gasteiger partial charge is 0.146 e. The second-order valence-corrected chi connectivity index (χ2v) is 6.31. The van der Waals surface area contributed by atoms with Crippen molar-refractivity contribution in [3.8, 4) is 16.9 Å². The molecule has 0 unspecified atom stereocenters. The van der Waals surface area contributed by atoms with Crippen molar-refractivity contribution in [3.05, 3.63) is 60.6 Å². The Kier molecular flexibility index (Phi) is 4.66. The highest BCUT2D eigenvalue weighted by molar-refractivity contribution is 5.77. The maximum Gasteiger partial charge on any atom is 0.146 e. The molecule has 3 N–H and O–H groups in total. The SMILES string of the molecule is C[C@@H](Oc1cc(-c2cnn(CCO)c2N)cn2nccc12)c1ccc(F)cn1. The topological polar surface area (TPSA) is 103 Å². The van der Waals surface area contributed by atoms with E-state index < -0.39 is 11.9 Å². The Bertz CT molecular complexity index is 1110. The van der Waals surface area contributed by atoms with Crippen molar-refractivity contribution >= 4 is 11.3 Å². The molecule has 4 aromatic heterocycles. The van der Waals surface area contributed by atoms with Crippen LogP contribution in [0.3, 0.4) is 0 Å². The van der Waals surface area contributed by atoms with E-state index in [1.54, 1.807) is 23.0 Å². The molecule has 0 spiro atoms. The number of pyridine rings is 2. The molecule has 0 radical (unpaired) electrons. The number of hydrogen-bond acceptors (Lipinski definition) is 6. The summed E-state index contributed by atoms with van der Waals surface area (Å²) in [5.74, 6) is 0.634. The van der Waals surface area contributed by atoms with Crippen molar-refractivity contribution in [2.24, 2.45) is 0 Å². The zero-order valence-corrected chi connectivity index (χ0v) is 15.2. The molecule has 0 fully saturated rings. The molecule has 1 atom stereocenters. The number of halogens is 1. The number of nitrogens with two attached hydrogens (primary N) is 1. The van der Waals surface area contributed by atoms with Gasteiger partial charge in [0.2, 0.25) is 0 Å². The Morgan fingerprint density at radius 2 is 2.11 bits per heavy atom. The van der Waals surface area contributed by atoms with Crippen LogP contribution in [0.5, 0.6) is 5.75 Å². The summed E-state index contributed by atoms with van der Waals surface area (Å²) in [6.45, 7) is 2.10. The van der Waals surface area contributed by atoms with Crippen LogP contribution in [-0.2, 0) is 6.54 Å². The Morgan fingerprint density at radius 1 is 1.25 bits per heavy atom. The van der Waals surface area contributed by atoms with Gasteiger partial charge in [-0.1, -0.05) is 0 Å². The molecule has 0 aliphatic rings. The van der Waals surface area contributed by atoms with Crippen LogP contribution in [0.1, 0.15) is 18.7 Å². The maximum atomic E-state index is 13.1. The summed E-state index contributed by atoms with van der Waals surface area (Å²) in [4.78, 5) is 4.08. The van der Waals surface area contributed by atoms with Gasteiger partial charge in [-0.2, -0.15) is 10.2 Å². The van der Waals surface area contributed by atoms with Crippen LogP contribution in [0.15, 0.2) is 49.1 Å². The van der Waals surface area contributed by atoms with E-state index in [9.17, 15) is 4.39 Å². The average Bonchev–Trinajstić information content (AvgIpc) is 3.30. The van der Waals surface area contributed by atoms with Crippen LogP contribution in [0.2, 0.25) is 0 Å². The molecule has 0 aromatic carbocycles. The molecule has 8 nitrogen and oxygen atoms in total. The van der Waals surface area contributed by atoms with Crippen molar-refractivity contribution in [3.63, 3.8) is 0 Å². The zero-order valence-electron chi connectivity index (χ0n) is 15.2. The van der Waals surface area contributed by atoms with Gasteiger partial charge in [0, 0.05) is 17.3 Å². The van der Waals surface area contributed by atoms with E-state index in [4.69, 9.17) is 15.6 Å². The second kappa shape index (κ2) is 7.28. The fourth-order valence-corrected chi connectivity index (χ4v) is 3.01. The largest absolute Gasteiger partial charge is 0.482 e. The fraction of sp³-hybridized carbons (Fsp3) is 0.211. The third-order valence-electron chi connectivity index (χ3n) is 4.44. The number of aromatic nitrogens is 5. The number of nitrogens with zero attached hydrogens (tertiary/aromatic N) is 5. The molecule has 0 saturated heterocycles. The van der Waals surface area contributed by atoms with Crippen molar-refractivity contribution in [2.45, 2.75) is 19.6 Å². The molecule has 0 aliphatic carbocycles. The summed E-state index contributed by atoms with van der Waals surface area (Å²) in [6, 6.07) is 6.63. The van der Waals surface area contributed by atoms with E-state index in [1.807, 2.05) is 25.3 Å². The standard InChI is InChI=1S/C19H19FN6O2/c1-12(16-3-2-14(20)9-22-16)28-18-8-13(11-26-17(18)4-5-23-26)15-10-24-25(6-7-27)19(15)21/h2-5,8-12,27H,6-7,21H2,1H3/t12-/m1/s1. The first-order valence-electron chi connectivity index (χ1n) is 8.75. The second-order valence-electron chi connectivity index (χ2n) is 6.31. The van der Waals surface area contributed by atoms with Gasteiger partial charge in [0.1, 0.15) is 29.0 Å². The van der Waals surface area contributed by atoms with Gasteiger partial charge in [-0.15, -0.1) is 0 Å². The van der Waals surface area contributed by atoms with Crippen LogP contribution >= 0.6 is 0 Å². The van der Waals surface area contributed by atoms with E-state index in [-0.39, 0.29) is 6.61 Å². The minimum absolute atomic E-state index is 0.0555. The third-order valence-corrected chi connectivity index (χ3v) is 4.44. The molecule has 0 saturated carbocycles. The normalized spacial score (nSPS) is 12.4.